The summed E-state index contributed by atoms with van der Waals surface area (Å²) in [7, 11) is 0. The summed E-state index contributed by atoms with van der Waals surface area (Å²) in [5, 5.41) is 0. The minimum Gasteiger partial charge on any atom is -0.324 e. The Morgan fingerprint density at radius 3 is 2.53 bits per heavy atom. The summed E-state index contributed by atoms with van der Waals surface area (Å²) in [4.78, 5) is 6.36. The third-order valence-electron chi connectivity index (χ3n) is 2.36. The fraction of sp³-hybridized carbons (Fsp3) is 0.154. The van der Waals surface area contributed by atoms with Crippen LogP contribution in [0, 0.1) is 0 Å². The molecule has 1 heterocycles. The first kappa shape index (κ1) is 12.6. The van der Waals surface area contributed by atoms with Crippen LogP contribution in [0.25, 0.3) is 0 Å². The van der Waals surface area contributed by atoms with Crippen LogP contribution < -0.4 is 5.73 Å². The van der Waals surface area contributed by atoms with Gasteiger partial charge in [0.1, 0.15) is 0 Å². The van der Waals surface area contributed by atoms with Gasteiger partial charge in [-0.3, -0.25) is 4.98 Å². The molecule has 0 bridgehead atoms. The van der Waals surface area contributed by atoms with E-state index in [1.807, 2.05) is 19.1 Å². The molecule has 0 aliphatic heterocycles. The maximum Gasteiger partial charge on any atom is 0.0318 e. The molecule has 0 saturated carbocycles. The van der Waals surface area contributed by atoms with Gasteiger partial charge >= 0.3 is 0 Å². The number of hydrogen-bond donors (Lipinski definition) is 1. The molecule has 1 aromatic heterocycles. The smallest absolute Gasteiger partial charge is 0.0318 e. The number of nitrogens with zero attached hydrogens (tertiary/aromatic N) is 1. The van der Waals surface area contributed by atoms with E-state index in [2.05, 4.69) is 39.1 Å². The zero-order chi connectivity index (χ0) is 12.3. The zero-order valence-corrected chi connectivity index (χ0v) is 11.8. The van der Waals surface area contributed by atoms with Crippen molar-refractivity contribution in [2.45, 2.75) is 22.8 Å². The van der Waals surface area contributed by atoms with E-state index in [1.165, 1.54) is 9.79 Å². The van der Waals surface area contributed by atoms with Gasteiger partial charge in [-0.15, -0.1) is 0 Å². The summed E-state index contributed by atoms with van der Waals surface area (Å²) < 4.78 is 1.08. The minimum atomic E-state index is 0.0614. The average Bonchev–Trinajstić information content (AvgIpc) is 2.33. The number of benzene rings is 1. The van der Waals surface area contributed by atoms with Crippen LogP contribution in [0.2, 0.25) is 0 Å². The molecule has 0 radical (unpaired) electrons. The first-order chi connectivity index (χ1) is 8.16. The number of hydrogen-bond acceptors (Lipinski definition) is 3. The Labute approximate surface area is 114 Å². The van der Waals surface area contributed by atoms with Crippen molar-refractivity contribution < 1.29 is 0 Å². The summed E-state index contributed by atoms with van der Waals surface area (Å²) >= 11 is 5.29. The first-order valence-electron chi connectivity index (χ1n) is 5.30. The highest BCUT2D eigenvalue weighted by atomic mass is 79.9. The Bertz CT molecular complexity index is 500. The number of rotatable bonds is 3. The molecule has 0 saturated heterocycles. The summed E-state index contributed by atoms with van der Waals surface area (Å²) in [6, 6.07) is 10.3. The minimum absolute atomic E-state index is 0.0614. The standard InChI is InChI=1S/C13H13BrN2S/c1-9(15)10-2-3-13(12(14)8-10)17-11-4-6-16-7-5-11/h2-9H,15H2,1H3/t9-/m0/s1. The third-order valence-corrected chi connectivity index (χ3v) is 4.36. The molecule has 88 valence electrons. The maximum absolute atomic E-state index is 5.85. The molecule has 17 heavy (non-hydrogen) atoms. The van der Waals surface area contributed by atoms with Crippen molar-refractivity contribution in [3.8, 4) is 0 Å². The van der Waals surface area contributed by atoms with Crippen LogP contribution >= 0.6 is 27.7 Å². The molecule has 0 spiro atoms. The summed E-state index contributed by atoms with van der Waals surface area (Å²) in [6.07, 6.45) is 3.60. The van der Waals surface area contributed by atoms with Gasteiger partial charge in [0.2, 0.25) is 0 Å². The van der Waals surface area contributed by atoms with Gasteiger partial charge in [0.15, 0.2) is 0 Å². The van der Waals surface area contributed by atoms with Crippen LogP contribution in [0.3, 0.4) is 0 Å². The van der Waals surface area contributed by atoms with E-state index in [0.717, 1.165) is 10.0 Å². The van der Waals surface area contributed by atoms with Crippen LogP contribution in [0.4, 0.5) is 0 Å². The van der Waals surface area contributed by atoms with E-state index >= 15 is 0 Å². The molecule has 2 N–H and O–H groups in total. The van der Waals surface area contributed by atoms with Gasteiger partial charge in [-0.1, -0.05) is 17.8 Å². The second-order valence-corrected chi connectivity index (χ2v) is 5.73. The summed E-state index contributed by atoms with van der Waals surface area (Å²) in [6.45, 7) is 1.98. The summed E-state index contributed by atoms with van der Waals surface area (Å²) in [5.74, 6) is 0. The van der Waals surface area contributed by atoms with E-state index in [9.17, 15) is 0 Å². The van der Waals surface area contributed by atoms with Gasteiger partial charge in [-0.05, 0) is 52.7 Å². The fourth-order valence-electron chi connectivity index (χ4n) is 1.42. The number of nitrogens with two attached hydrogens (primary N) is 1. The predicted octanol–water partition coefficient (Wildman–Crippen LogP) is 4.02. The average molecular weight is 309 g/mol. The lowest BCUT2D eigenvalue weighted by atomic mass is 10.1. The normalized spacial score (nSPS) is 12.4. The summed E-state index contributed by atoms with van der Waals surface area (Å²) in [5.41, 5.74) is 6.98. The highest BCUT2D eigenvalue weighted by Crippen LogP contribution is 2.34. The predicted molar refractivity (Wildman–Crippen MR) is 75.1 cm³/mol. The van der Waals surface area contributed by atoms with Crippen LogP contribution in [0.1, 0.15) is 18.5 Å². The van der Waals surface area contributed by atoms with Crippen molar-refractivity contribution in [2.75, 3.05) is 0 Å². The molecule has 0 unspecified atom stereocenters. The lowest BCUT2D eigenvalue weighted by molar-refractivity contribution is 0.815. The second kappa shape index (κ2) is 5.67. The molecule has 0 aliphatic rings. The van der Waals surface area contributed by atoms with E-state index in [-0.39, 0.29) is 6.04 Å². The monoisotopic (exact) mass is 308 g/mol. The van der Waals surface area contributed by atoms with Gasteiger partial charge in [0.25, 0.3) is 0 Å². The molecule has 0 amide bonds. The van der Waals surface area contributed by atoms with Gasteiger partial charge in [-0.25, -0.2) is 0 Å². The van der Waals surface area contributed by atoms with Crippen LogP contribution in [0.5, 0.6) is 0 Å². The quantitative estimate of drug-likeness (QED) is 0.931. The van der Waals surface area contributed by atoms with Crippen molar-refractivity contribution in [3.63, 3.8) is 0 Å². The van der Waals surface area contributed by atoms with Crippen LogP contribution in [-0.4, -0.2) is 4.98 Å². The van der Waals surface area contributed by atoms with Crippen molar-refractivity contribution in [1.82, 2.24) is 4.98 Å². The molecule has 0 aliphatic carbocycles. The number of halogens is 1. The molecular weight excluding hydrogens is 296 g/mol. The SMILES string of the molecule is C[C@H](N)c1ccc(Sc2ccncc2)c(Br)c1. The van der Waals surface area contributed by atoms with Gasteiger partial charge < -0.3 is 5.73 Å². The second-order valence-electron chi connectivity index (χ2n) is 3.76. The highest BCUT2D eigenvalue weighted by Gasteiger charge is 2.05. The van der Waals surface area contributed by atoms with Crippen molar-refractivity contribution >= 4 is 27.7 Å². The molecule has 2 nitrogen and oxygen atoms in total. The number of aromatic nitrogens is 1. The Morgan fingerprint density at radius 2 is 1.94 bits per heavy atom. The third kappa shape index (κ3) is 3.31. The number of pyridine rings is 1. The van der Waals surface area contributed by atoms with E-state index in [4.69, 9.17) is 5.73 Å². The highest BCUT2D eigenvalue weighted by molar-refractivity contribution is 9.10. The molecule has 0 fully saturated rings. The molecule has 1 aromatic carbocycles. The molecule has 2 rings (SSSR count). The van der Waals surface area contributed by atoms with Gasteiger partial charge in [0, 0.05) is 32.7 Å². The van der Waals surface area contributed by atoms with E-state index in [1.54, 1.807) is 24.2 Å². The maximum atomic E-state index is 5.85. The van der Waals surface area contributed by atoms with Gasteiger partial charge in [-0.2, -0.15) is 0 Å². The topological polar surface area (TPSA) is 38.9 Å². The van der Waals surface area contributed by atoms with Gasteiger partial charge in [0.05, 0.1) is 0 Å². The van der Waals surface area contributed by atoms with Crippen molar-refractivity contribution in [1.29, 1.82) is 0 Å². The Kier molecular flexibility index (Phi) is 4.20. The largest absolute Gasteiger partial charge is 0.324 e. The molecule has 2 aromatic rings. The van der Waals surface area contributed by atoms with Crippen LogP contribution in [-0.2, 0) is 0 Å². The lowest BCUT2D eigenvalue weighted by Crippen LogP contribution is -2.04. The van der Waals surface area contributed by atoms with Crippen molar-refractivity contribution in [2.24, 2.45) is 5.73 Å². The Morgan fingerprint density at radius 1 is 1.24 bits per heavy atom. The molecule has 4 heteroatoms. The Hall–Kier alpha value is -0.840. The van der Waals surface area contributed by atoms with Crippen molar-refractivity contribution in [3.05, 3.63) is 52.8 Å². The molecule has 1 atom stereocenters. The van der Waals surface area contributed by atoms with E-state index in [0.29, 0.717) is 0 Å². The zero-order valence-electron chi connectivity index (χ0n) is 9.43. The fourth-order valence-corrected chi connectivity index (χ4v) is 2.86. The lowest BCUT2D eigenvalue weighted by Gasteiger charge is -2.09. The Balaban J connectivity index is 2.23. The van der Waals surface area contributed by atoms with E-state index < -0.39 is 0 Å². The molecular formula is C13H13BrN2S. The van der Waals surface area contributed by atoms with Crippen LogP contribution in [0.15, 0.2) is 57.0 Å². The first-order valence-corrected chi connectivity index (χ1v) is 6.90.